The molecule has 3 rings (SSSR count). The number of benzene rings is 1. The van der Waals surface area contributed by atoms with E-state index in [2.05, 4.69) is 17.0 Å². The lowest BCUT2D eigenvalue weighted by Crippen LogP contribution is -2.23. The van der Waals surface area contributed by atoms with Crippen molar-refractivity contribution in [3.63, 3.8) is 0 Å². The molecule has 0 spiro atoms. The Balaban J connectivity index is 1.99. The summed E-state index contributed by atoms with van der Waals surface area (Å²) in [6, 6.07) is 7.16. The number of carbonyl (C=O) groups is 1. The van der Waals surface area contributed by atoms with Gasteiger partial charge < -0.3 is 14.5 Å². The predicted molar refractivity (Wildman–Crippen MR) is 87.2 cm³/mol. The number of aromatic nitrogens is 2. The molecule has 2 aromatic heterocycles. The molecule has 1 aromatic carbocycles. The third-order valence-electron chi connectivity index (χ3n) is 3.64. The van der Waals surface area contributed by atoms with E-state index in [1.165, 1.54) is 7.11 Å². The zero-order chi connectivity index (χ0) is 16.4. The average molecular weight is 311 g/mol. The molecule has 0 saturated heterocycles. The molecule has 0 bridgehead atoms. The second-order valence-electron chi connectivity index (χ2n) is 5.02. The molecule has 6 nitrogen and oxygen atoms in total. The molecule has 3 aromatic rings. The van der Waals surface area contributed by atoms with Crippen molar-refractivity contribution in [3.8, 4) is 5.75 Å². The van der Waals surface area contributed by atoms with Gasteiger partial charge in [0.1, 0.15) is 11.5 Å². The molecule has 0 atom stereocenters. The smallest absolute Gasteiger partial charge is 0.255 e. The maximum absolute atomic E-state index is 12.5. The molecule has 118 valence electrons. The van der Waals surface area contributed by atoms with Crippen molar-refractivity contribution in [2.45, 2.75) is 6.54 Å². The number of nitrogens with one attached hydrogen (secondary N) is 1. The predicted octanol–water partition coefficient (Wildman–Crippen LogP) is 2.75. The third kappa shape index (κ3) is 2.59. The summed E-state index contributed by atoms with van der Waals surface area (Å²) in [7, 11) is 3.38. The molecule has 1 N–H and O–H groups in total. The molecular formula is C17H17N3O3. The molecular weight excluding hydrogens is 294 g/mol. The largest absolute Gasteiger partial charge is 0.495 e. The summed E-state index contributed by atoms with van der Waals surface area (Å²) in [5.74, 6) is 0.938. The monoisotopic (exact) mass is 311 g/mol. The van der Waals surface area contributed by atoms with Crippen LogP contribution in [0.15, 0.2) is 41.5 Å². The highest BCUT2D eigenvalue weighted by molar-refractivity contribution is 6.05. The Labute approximate surface area is 133 Å². The van der Waals surface area contributed by atoms with Crippen molar-refractivity contribution in [1.29, 1.82) is 0 Å². The average Bonchev–Trinajstić information content (AvgIpc) is 3.19. The number of hydrogen-bond donors (Lipinski definition) is 1. The number of methoxy groups -OCH3 is 1. The van der Waals surface area contributed by atoms with Crippen LogP contribution in [0.1, 0.15) is 21.8 Å². The highest BCUT2D eigenvalue weighted by atomic mass is 16.5. The van der Waals surface area contributed by atoms with Gasteiger partial charge in [-0.25, -0.2) is 0 Å². The maximum Gasteiger partial charge on any atom is 0.255 e. The lowest BCUT2D eigenvalue weighted by molar-refractivity contribution is 0.0945. The lowest BCUT2D eigenvalue weighted by Gasteiger charge is -2.10. The van der Waals surface area contributed by atoms with Crippen LogP contribution >= 0.6 is 0 Å². The van der Waals surface area contributed by atoms with Crippen molar-refractivity contribution in [1.82, 2.24) is 15.1 Å². The van der Waals surface area contributed by atoms with Crippen molar-refractivity contribution in [2.75, 3.05) is 7.11 Å². The number of furan rings is 1. The van der Waals surface area contributed by atoms with Gasteiger partial charge in [-0.2, -0.15) is 5.10 Å². The van der Waals surface area contributed by atoms with Gasteiger partial charge in [0, 0.05) is 7.05 Å². The number of rotatable bonds is 5. The second-order valence-corrected chi connectivity index (χ2v) is 5.02. The van der Waals surface area contributed by atoms with Gasteiger partial charge in [-0.1, -0.05) is 6.58 Å². The summed E-state index contributed by atoms with van der Waals surface area (Å²) >= 11 is 0. The van der Waals surface area contributed by atoms with Gasteiger partial charge in [0.2, 0.25) is 0 Å². The van der Waals surface area contributed by atoms with E-state index in [1.807, 2.05) is 13.1 Å². The van der Waals surface area contributed by atoms with Crippen LogP contribution in [-0.2, 0) is 13.6 Å². The first-order valence-electron chi connectivity index (χ1n) is 7.12. The van der Waals surface area contributed by atoms with E-state index >= 15 is 0 Å². The number of aryl methyl sites for hydroxylation is 1. The molecule has 0 saturated carbocycles. The van der Waals surface area contributed by atoms with E-state index in [4.69, 9.17) is 9.15 Å². The molecule has 0 aliphatic carbocycles. The fourth-order valence-corrected chi connectivity index (χ4v) is 2.56. The van der Waals surface area contributed by atoms with Crippen LogP contribution in [0.5, 0.6) is 5.75 Å². The minimum absolute atomic E-state index is 0.237. The Morgan fingerprint density at radius 2 is 2.30 bits per heavy atom. The first-order valence-corrected chi connectivity index (χ1v) is 7.12. The molecule has 0 fully saturated rings. The molecule has 23 heavy (non-hydrogen) atoms. The van der Waals surface area contributed by atoms with Crippen molar-refractivity contribution >= 4 is 22.9 Å². The number of hydrogen-bond acceptors (Lipinski definition) is 4. The summed E-state index contributed by atoms with van der Waals surface area (Å²) in [6.45, 7) is 4.08. The van der Waals surface area contributed by atoms with Crippen LogP contribution in [0.25, 0.3) is 17.0 Å². The summed E-state index contributed by atoms with van der Waals surface area (Å²) in [5, 5.41) is 7.97. The van der Waals surface area contributed by atoms with Gasteiger partial charge >= 0.3 is 0 Å². The fraction of sp³-hybridized carbons (Fsp3) is 0.176. The van der Waals surface area contributed by atoms with Crippen LogP contribution < -0.4 is 10.1 Å². The first kappa shape index (κ1) is 14.9. The number of amides is 1. The molecule has 0 aliphatic heterocycles. The van der Waals surface area contributed by atoms with Gasteiger partial charge in [0.05, 0.1) is 42.1 Å². The normalized spacial score (nSPS) is 10.7. The summed E-state index contributed by atoms with van der Waals surface area (Å²) in [6.07, 6.45) is 3.22. The molecule has 2 heterocycles. The number of carbonyl (C=O) groups excluding carboxylic acids is 1. The van der Waals surface area contributed by atoms with E-state index in [-0.39, 0.29) is 5.91 Å². The van der Waals surface area contributed by atoms with Crippen molar-refractivity contribution in [3.05, 3.63) is 54.1 Å². The lowest BCUT2D eigenvalue weighted by atomic mass is 10.1. The Bertz CT molecular complexity index is 863. The van der Waals surface area contributed by atoms with Gasteiger partial charge in [-0.3, -0.25) is 9.48 Å². The minimum atomic E-state index is -0.237. The Morgan fingerprint density at radius 1 is 1.48 bits per heavy atom. The number of nitrogens with zero attached hydrogens (tertiary/aromatic N) is 2. The van der Waals surface area contributed by atoms with Gasteiger partial charge in [-0.15, -0.1) is 0 Å². The molecule has 0 unspecified atom stereocenters. The molecule has 0 radical (unpaired) electrons. The van der Waals surface area contributed by atoms with Crippen LogP contribution in [0, 0.1) is 0 Å². The zero-order valence-corrected chi connectivity index (χ0v) is 13.0. The van der Waals surface area contributed by atoms with E-state index < -0.39 is 0 Å². The van der Waals surface area contributed by atoms with E-state index in [0.717, 1.165) is 10.9 Å². The van der Waals surface area contributed by atoms with Crippen LogP contribution in [0.2, 0.25) is 0 Å². The Hall–Kier alpha value is -3.02. The first-order chi connectivity index (χ1) is 11.2. The van der Waals surface area contributed by atoms with Crippen molar-refractivity contribution < 1.29 is 13.9 Å². The van der Waals surface area contributed by atoms with E-state index in [0.29, 0.717) is 29.3 Å². The van der Waals surface area contributed by atoms with Gasteiger partial charge in [0.25, 0.3) is 5.91 Å². The van der Waals surface area contributed by atoms with Gasteiger partial charge in [0.15, 0.2) is 0 Å². The summed E-state index contributed by atoms with van der Waals surface area (Å²) in [4.78, 5) is 12.5. The van der Waals surface area contributed by atoms with E-state index in [1.54, 1.807) is 35.2 Å². The van der Waals surface area contributed by atoms with Crippen LogP contribution in [-0.4, -0.2) is 22.8 Å². The summed E-state index contributed by atoms with van der Waals surface area (Å²) in [5.41, 5.74) is 2.00. The number of ether oxygens (including phenoxy) is 1. The van der Waals surface area contributed by atoms with Crippen LogP contribution in [0.3, 0.4) is 0 Å². The SMILES string of the molecule is C=Cc1nn(C)c2ccc(C(=O)NCc3ccco3)c(OC)c12. The van der Waals surface area contributed by atoms with Crippen molar-refractivity contribution in [2.24, 2.45) is 7.05 Å². The maximum atomic E-state index is 12.5. The Morgan fingerprint density at radius 3 is 2.96 bits per heavy atom. The highest BCUT2D eigenvalue weighted by Gasteiger charge is 2.19. The highest BCUT2D eigenvalue weighted by Crippen LogP contribution is 2.32. The van der Waals surface area contributed by atoms with Crippen LogP contribution in [0.4, 0.5) is 0 Å². The Kier molecular flexibility index (Phi) is 3.89. The zero-order valence-electron chi connectivity index (χ0n) is 13.0. The third-order valence-corrected chi connectivity index (χ3v) is 3.64. The second kappa shape index (κ2) is 6.00. The molecule has 6 heteroatoms. The molecule has 1 amide bonds. The summed E-state index contributed by atoms with van der Waals surface area (Å²) < 4.78 is 12.4. The topological polar surface area (TPSA) is 69.3 Å². The minimum Gasteiger partial charge on any atom is -0.495 e. The number of fused-ring (bicyclic) bond motifs is 1. The van der Waals surface area contributed by atoms with Gasteiger partial charge in [-0.05, 0) is 30.3 Å². The van der Waals surface area contributed by atoms with E-state index in [9.17, 15) is 4.79 Å². The quantitative estimate of drug-likeness (QED) is 0.786. The molecule has 0 aliphatic rings. The standard InChI is InChI=1S/C17H17N3O3/c1-4-13-15-14(20(2)19-13)8-7-12(16(15)22-3)17(21)18-10-11-6-5-9-23-11/h4-9H,1,10H2,2-3H3,(H,18,21). The fourth-order valence-electron chi connectivity index (χ4n) is 2.56.